The number of nitrogens with zero attached hydrogens (tertiary/aromatic N) is 2. The maximum Gasteiger partial charge on any atom is 0.416 e. The van der Waals surface area contributed by atoms with Gasteiger partial charge in [0.15, 0.2) is 0 Å². The second-order valence-electron chi connectivity index (χ2n) is 7.36. The number of carbonyl (C=O) groups excluding carboxylic acids is 1. The van der Waals surface area contributed by atoms with Crippen LogP contribution >= 0.6 is 0 Å². The van der Waals surface area contributed by atoms with Crippen molar-refractivity contribution in [1.29, 1.82) is 0 Å². The van der Waals surface area contributed by atoms with Crippen LogP contribution in [-0.4, -0.2) is 30.3 Å². The molecule has 1 amide bonds. The van der Waals surface area contributed by atoms with E-state index in [0.717, 1.165) is 30.8 Å². The van der Waals surface area contributed by atoms with Gasteiger partial charge in [0.2, 0.25) is 0 Å². The molecule has 158 valence electrons. The maximum atomic E-state index is 12.1. The Morgan fingerprint density at radius 3 is 2.39 bits per heavy atom. The topological polar surface area (TPSA) is 70.1 Å². The van der Waals surface area contributed by atoms with Crippen LogP contribution in [0.15, 0.2) is 72.8 Å². The Bertz CT molecular complexity index is 1080. The summed E-state index contributed by atoms with van der Waals surface area (Å²) in [4.78, 5) is 27.5. The summed E-state index contributed by atoms with van der Waals surface area (Å²) in [7, 11) is 0. The Hall–Kier alpha value is -3.80. The Kier molecular flexibility index (Phi) is 5.89. The number of carbonyl (C=O) groups is 2. The molecule has 0 bridgehead atoms. The van der Waals surface area contributed by atoms with Crippen LogP contribution in [0.2, 0.25) is 0 Å². The highest BCUT2D eigenvalue weighted by Crippen LogP contribution is 2.35. The van der Waals surface area contributed by atoms with Gasteiger partial charge in [-0.15, -0.1) is 0 Å². The lowest BCUT2D eigenvalue weighted by molar-refractivity contribution is 0.0526. The van der Waals surface area contributed by atoms with Gasteiger partial charge in [0.05, 0.1) is 23.5 Å². The van der Waals surface area contributed by atoms with Crippen LogP contribution < -0.4 is 9.80 Å². The molecule has 0 atom stereocenters. The summed E-state index contributed by atoms with van der Waals surface area (Å²) in [5, 5.41) is 9.86. The van der Waals surface area contributed by atoms with Gasteiger partial charge in [0, 0.05) is 18.8 Å². The minimum atomic E-state index is -1.08. The molecule has 3 aromatic rings. The molecule has 0 spiro atoms. The third-order valence-corrected chi connectivity index (χ3v) is 5.36. The first-order valence-corrected chi connectivity index (χ1v) is 10.3. The van der Waals surface area contributed by atoms with Crippen molar-refractivity contribution in [2.45, 2.75) is 19.9 Å². The molecule has 0 radical (unpaired) electrons. The molecule has 1 aliphatic heterocycles. The predicted molar refractivity (Wildman–Crippen MR) is 120 cm³/mol. The number of fused-ring (bicyclic) bond motifs is 1. The fraction of sp³-hybridized carbons (Fsp3) is 0.200. The van der Waals surface area contributed by atoms with E-state index >= 15 is 0 Å². The molecule has 0 saturated heterocycles. The van der Waals surface area contributed by atoms with E-state index < -0.39 is 12.1 Å². The van der Waals surface area contributed by atoms with E-state index in [-0.39, 0.29) is 6.61 Å². The van der Waals surface area contributed by atoms with E-state index in [0.29, 0.717) is 16.9 Å². The van der Waals surface area contributed by atoms with Crippen molar-refractivity contribution in [2.24, 2.45) is 0 Å². The van der Waals surface area contributed by atoms with Crippen molar-refractivity contribution in [3.05, 3.63) is 89.5 Å². The molecule has 0 unspecified atom stereocenters. The predicted octanol–water partition coefficient (Wildman–Crippen LogP) is 5.24. The van der Waals surface area contributed by atoms with Crippen molar-refractivity contribution in [3.63, 3.8) is 0 Å². The number of carboxylic acid groups (broad SMARTS) is 1. The number of rotatable bonds is 6. The number of amides is 1. The summed E-state index contributed by atoms with van der Waals surface area (Å²) < 4.78 is 4.99. The molecule has 0 saturated carbocycles. The molecular weight excluding hydrogens is 392 g/mol. The maximum absolute atomic E-state index is 12.1. The van der Waals surface area contributed by atoms with Crippen molar-refractivity contribution < 1.29 is 19.4 Å². The van der Waals surface area contributed by atoms with Gasteiger partial charge < -0.3 is 14.7 Å². The van der Waals surface area contributed by atoms with Gasteiger partial charge in [0.25, 0.3) is 0 Å². The minimum absolute atomic E-state index is 0.290. The zero-order chi connectivity index (χ0) is 21.8. The smallest absolute Gasteiger partial charge is 0.416 e. The summed E-state index contributed by atoms with van der Waals surface area (Å²) in [5.74, 6) is -0.424. The molecule has 0 fully saturated rings. The molecule has 1 N–H and O–H groups in total. The largest absolute Gasteiger partial charge is 0.464 e. The van der Waals surface area contributed by atoms with Crippen LogP contribution in [-0.2, 0) is 17.7 Å². The molecule has 0 aromatic heterocycles. The van der Waals surface area contributed by atoms with Crippen molar-refractivity contribution >= 4 is 29.1 Å². The third kappa shape index (κ3) is 4.38. The van der Waals surface area contributed by atoms with Crippen LogP contribution in [0.5, 0.6) is 0 Å². The summed E-state index contributed by atoms with van der Waals surface area (Å²) in [6, 6.07) is 22.5. The average Bonchev–Trinajstić information content (AvgIpc) is 3.17. The van der Waals surface area contributed by atoms with Gasteiger partial charge in [-0.2, -0.15) is 0 Å². The zero-order valence-corrected chi connectivity index (χ0v) is 17.3. The Morgan fingerprint density at radius 2 is 1.71 bits per heavy atom. The van der Waals surface area contributed by atoms with Crippen molar-refractivity contribution in [3.8, 4) is 0 Å². The standard InChI is InChI=1S/C25H24N2O4/c1-2-31-24(28)19-8-10-21(11-9-19)27(25(29)30)22-12-13-23-20(16-22)14-15-26(23)17-18-6-4-3-5-7-18/h3-13,16H,2,14-15,17H2,1H3,(H,29,30). The normalized spacial score (nSPS) is 12.4. The highest BCUT2D eigenvalue weighted by molar-refractivity contribution is 5.96. The quantitative estimate of drug-likeness (QED) is 0.557. The van der Waals surface area contributed by atoms with Crippen LogP contribution in [0.3, 0.4) is 0 Å². The highest BCUT2D eigenvalue weighted by atomic mass is 16.5. The number of ether oxygens (including phenoxy) is 1. The fourth-order valence-corrected chi connectivity index (χ4v) is 3.89. The fourth-order valence-electron chi connectivity index (χ4n) is 3.89. The van der Waals surface area contributed by atoms with Crippen LogP contribution in [0, 0.1) is 0 Å². The average molecular weight is 416 g/mol. The van der Waals surface area contributed by atoms with Crippen molar-refractivity contribution in [1.82, 2.24) is 0 Å². The molecule has 4 rings (SSSR count). The van der Waals surface area contributed by atoms with Gasteiger partial charge in [-0.05, 0) is 66.9 Å². The summed E-state index contributed by atoms with van der Waals surface area (Å²) in [5.41, 5.74) is 4.95. The van der Waals surface area contributed by atoms with E-state index in [4.69, 9.17) is 4.74 Å². The first-order valence-electron chi connectivity index (χ1n) is 10.3. The second-order valence-corrected chi connectivity index (χ2v) is 7.36. The lowest BCUT2D eigenvalue weighted by Gasteiger charge is -2.22. The highest BCUT2D eigenvalue weighted by Gasteiger charge is 2.23. The monoisotopic (exact) mass is 416 g/mol. The van der Waals surface area contributed by atoms with Crippen LogP contribution in [0.25, 0.3) is 0 Å². The Balaban J connectivity index is 1.58. The summed E-state index contributed by atoms with van der Waals surface area (Å²) in [6.07, 6.45) is -0.214. The Morgan fingerprint density at radius 1 is 1.00 bits per heavy atom. The Labute approximate surface area is 181 Å². The molecular formula is C25H24N2O4. The first-order chi connectivity index (χ1) is 15.1. The van der Waals surface area contributed by atoms with E-state index in [2.05, 4.69) is 17.0 Å². The number of esters is 1. The van der Waals surface area contributed by atoms with Gasteiger partial charge >= 0.3 is 12.1 Å². The summed E-state index contributed by atoms with van der Waals surface area (Å²) in [6.45, 7) is 3.76. The molecule has 6 heteroatoms. The minimum Gasteiger partial charge on any atom is -0.464 e. The van der Waals surface area contributed by atoms with Crippen molar-refractivity contribution in [2.75, 3.05) is 23.0 Å². The molecule has 31 heavy (non-hydrogen) atoms. The molecule has 0 aliphatic carbocycles. The number of anilines is 3. The van der Waals surface area contributed by atoms with Crippen LogP contribution in [0.4, 0.5) is 21.9 Å². The van der Waals surface area contributed by atoms with Gasteiger partial charge in [-0.3, -0.25) is 0 Å². The van der Waals surface area contributed by atoms with E-state index in [1.165, 1.54) is 10.5 Å². The number of hydrogen-bond donors (Lipinski definition) is 1. The third-order valence-electron chi connectivity index (χ3n) is 5.36. The lowest BCUT2D eigenvalue weighted by atomic mass is 10.1. The SMILES string of the molecule is CCOC(=O)c1ccc(N(C(=O)O)c2ccc3c(c2)CCN3Cc2ccccc2)cc1. The molecule has 3 aromatic carbocycles. The van der Waals surface area contributed by atoms with Gasteiger partial charge in [-0.25, -0.2) is 14.5 Å². The van der Waals surface area contributed by atoms with E-state index in [1.807, 2.05) is 36.4 Å². The molecule has 1 aliphatic rings. The molecule has 1 heterocycles. The first kappa shape index (κ1) is 20.5. The zero-order valence-electron chi connectivity index (χ0n) is 17.3. The van der Waals surface area contributed by atoms with Gasteiger partial charge in [-0.1, -0.05) is 30.3 Å². The van der Waals surface area contributed by atoms with E-state index in [9.17, 15) is 14.7 Å². The number of benzene rings is 3. The number of hydrogen-bond acceptors (Lipinski definition) is 4. The summed E-state index contributed by atoms with van der Waals surface area (Å²) >= 11 is 0. The lowest BCUT2D eigenvalue weighted by Crippen LogP contribution is -2.24. The van der Waals surface area contributed by atoms with Gasteiger partial charge in [0.1, 0.15) is 0 Å². The van der Waals surface area contributed by atoms with E-state index in [1.54, 1.807) is 31.2 Å². The van der Waals surface area contributed by atoms with Crippen LogP contribution in [0.1, 0.15) is 28.4 Å². The second kappa shape index (κ2) is 8.92. The molecule has 6 nitrogen and oxygen atoms in total.